The predicted molar refractivity (Wildman–Crippen MR) is 122 cm³/mol. The lowest BCUT2D eigenvalue weighted by molar-refractivity contribution is -0.121. The van der Waals surface area contributed by atoms with Gasteiger partial charge >= 0.3 is 0 Å². The molecule has 2 aromatic rings. The van der Waals surface area contributed by atoms with Crippen LogP contribution in [0.3, 0.4) is 0 Å². The van der Waals surface area contributed by atoms with Gasteiger partial charge in [-0.15, -0.1) is 0 Å². The number of anilines is 2. The van der Waals surface area contributed by atoms with E-state index in [2.05, 4.69) is 43.3 Å². The fraction of sp³-hybridized carbons (Fsp3) is 0.300. The lowest BCUT2D eigenvalue weighted by Gasteiger charge is -2.12. The standard InChI is InChI=1S/C18H20BrN5OS.C2H6/c1-2-5-14(12-6-3-4-7-13(12)19)22-17-15(16(20)23-24-17)26-10-21-18(25)11-8-9-11;1-2/h2-7,11H,1,8-10H2,(H,21,25)(H4,20,22,23,24);1-2H3/b14-5-;. The molecule has 1 heterocycles. The Labute approximate surface area is 178 Å². The monoisotopic (exact) mass is 463 g/mol. The van der Waals surface area contributed by atoms with Crippen molar-refractivity contribution in [3.63, 3.8) is 0 Å². The molecule has 1 aromatic heterocycles. The minimum absolute atomic E-state index is 0.106. The molecule has 6 nitrogen and oxygen atoms in total. The fourth-order valence-electron chi connectivity index (χ4n) is 2.37. The second-order valence-electron chi connectivity index (χ2n) is 5.84. The van der Waals surface area contributed by atoms with Gasteiger partial charge in [0.2, 0.25) is 5.91 Å². The third-order valence-electron chi connectivity index (χ3n) is 3.86. The number of carbonyl (C=O) groups excluding carboxylic acids is 1. The van der Waals surface area contributed by atoms with E-state index in [-0.39, 0.29) is 11.8 Å². The number of nitrogens with zero attached hydrogens (tertiary/aromatic N) is 1. The first-order valence-corrected chi connectivity index (χ1v) is 11.0. The number of carbonyl (C=O) groups is 1. The van der Waals surface area contributed by atoms with E-state index < -0.39 is 0 Å². The molecule has 0 atom stereocenters. The van der Waals surface area contributed by atoms with Gasteiger partial charge in [-0.1, -0.05) is 72.4 Å². The molecule has 1 aliphatic rings. The fourth-order valence-corrected chi connectivity index (χ4v) is 3.66. The second kappa shape index (κ2) is 11.0. The van der Waals surface area contributed by atoms with Crippen molar-refractivity contribution in [2.24, 2.45) is 5.92 Å². The van der Waals surface area contributed by atoms with Crippen LogP contribution in [0.1, 0.15) is 32.3 Å². The Morgan fingerprint density at radius 2 is 2.14 bits per heavy atom. The summed E-state index contributed by atoms with van der Waals surface area (Å²) in [5.74, 6) is 1.81. The SMILES string of the molecule is C=C/C=C(\Nc1n[nH]c(N)c1SCNC(=O)C1CC1)c1ccccc1Br.CC. The van der Waals surface area contributed by atoms with Crippen molar-refractivity contribution in [2.45, 2.75) is 31.6 Å². The number of thioether (sulfide) groups is 1. The van der Waals surface area contributed by atoms with Gasteiger partial charge < -0.3 is 16.4 Å². The number of H-pyrrole nitrogens is 1. The van der Waals surface area contributed by atoms with E-state index in [9.17, 15) is 4.79 Å². The molecule has 3 rings (SSSR count). The summed E-state index contributed by atoms with van der Waals surface area (Å²) in [7, 11) is 0. The Kier molecular flexibility index (Phi) is 8.66. The number of amides is 1. The Bertz CT molecular complexity index is 845. The average molecular weight is 464 g/mol. The first kappa shape index (κ1) is 22.1. The molecule has 28 heavy (non-hydrogen) atoms. The molecule has 1 fully saturated rings. The first-order valence-electron chi connectivity index (χ1n) is 9.19. The van der Waals surface area contributed by atoms with Gasteiger partial charge in [-0.3, -0.25) is 9.89 Å². The highest BCUT2D eigenvalue weighted by atomic mass is 79.9. The Balaban J connectivity index is 0.00000136. The molecule has 1 amide bonds. The molecule has 0 aliphatic heterocycles. The molecule has 0 radical (unpaired) electrons. The zero-order chi connectivity index (χ0) is 20.5. The summed E-state index contributed by atoms with van der Waals surface area (Å²) in [4.78, 5) is 12.5. The lowest BCUT2D eigenvalue weighted by atomic mass is 10.1. The number of allylic oxidation sites excluding steroid dienone is 2. The number of nitrogens with one attached hydrogen (secondary N) is 3. The molecule has 8 heteroatoms. The smallest absolute Gasteiger partial charge is 0.223 e. The highest BCUT2D eigenvalue weighted by Gasteiger charge is 2.29. The minimum atomic E-state index is 0.106. The normalized spacial score (nSPS) is 13.3. The van der Waals surface area contributed by atoms with Crippen LogP contribution in [-0.2, 0) is 4.79 Å². The van der Waals surface area contributed by atoms with Crippen molar-refractivity contribution in [3.8, 4) is 0 Å². The van der Waals surface area contributed by atoms with Gasteiger partial charge in [0, 0.05) is 21.7 Å². The van der Waals surface area contributed by atoms with E-state index in [1.807, 2.05) is 44.2 Å². The molecular formula is C20H26BrN5OS. The molecule has 1 aliphatic carbocycles. The summed E-state index contributed by atoms with van der Waals surface area (Å²) in [6.45, 7) is 7.78. The summed E-state index contributed by atoms with van der Waals surface area (Å²) in [6, 6.07) is 7.87. The van der Waals surface area contributed by atoms with Crippen LogP contribution >= 0.6 is 27.7 Å². The van der Waals surface area contributed by atoms with Gasteiger partial charge in [-0.05, 0) is 25.0 Å². The van der Waals surface area contributed by atoms with Crippen LogP contribution in [0, 0.1) is 5.92 Å². The van der Waals surface area contributed by atoms with Crippen LogP contribution < -0.4 is 16.4 Å². The number of hydrogen-bond acceptors (Lipinski definition) is 5. The number of hydrogen-bond donors (Lipinski definition) is 4. The van der Waals surface area contributed by atoms with Gasteiger partial charge in [0.15, 0.2) is 5.82 Å². The van der Waals surface area contributed by atoms with Gasteiger partial charge in [0.1, 0.15) is 5.82 Å². The maximum absolute atomic E-state index is 11.8. The summed E-state index contributed by atoms with van der Waals surface area (Å²) >= 11 is 5.00. The maximum Gasteiger partial charge on any atom is 0.223 e. The van der Waals surface area contributed by atoms with E-state index in [1.54, 1.807) is 6.08 Å². The van der Waals surface area contributed by atoms with E-state index in [0.29, 0.717) is 17.5 Å². The molecule has 1 saturated carbocycles. The summed E-state index contributed by atoms with van der Waals surface area (Å²) < 4.78 is 0.954. The van der Waals surface area contributed by atoms with E-state index in [4.69, 9.17) is 5.73 Å². The zero-order valence-electron chi connectivity index (χ0n) is 16.1. The van der Waals surface area contributed by atoms with E-state index in [0.717, 1.165) is 33.5 Å². The molecule has 150 valence electrons. The van der Waals surface area contributed by atoms with Crippen molar-refractivity contribution in [1.82, 2.24) is 15.5 Å². The summed E-state index contributed by atoms with van der Waals surface area (Å²) in [5.41, 5.74) is 7.82. The number of halogens is 1. The van der Waals surface area contributed by atoms with Crippen molar-refractivity contribution >= 4 is 50.9 Å². The van der Waals surface area contributed by atoms with Gasteiger partial charge in [0.05, 0.1) is 10.8 Å². The minimum Gasteiger partial charge on any atom is -0.383 e. The molecule has 1 aromatic carbocycles. The average Bonchev–Trinajstić information content (AvgIpc) is 3.50. The molecule has 0 bridgehead atoms. The highest BCUT2D eigenvalue weighted by molar-refractivity contribution is 9.10. The van der Waals surface area contributed by atoms with Crippen molar-refractivity contribution in [1.29, 1.82) is 0 Å². The van der Waals surface area contributed by atoms with Crippen LogP contribution in [0.2, 0.25) is 0 Å². The summed E-state index contributed by atoms with van der Waals surface area (Å²) in [5, 5.41) is 13.3. The number of nitrogen functional groups attached to an aromatic ring is 1. The van der Waals surface area contributed by atoms with Crippen molar-refractivity contribution in [3.05, 3.63) is 53.0 Å². The van der Waals surface area contributed by atoms with Crippen molar-refractivity contribution in [2.75, 3.05) is 16.9 Å². The van der Waals surface area contributed by atoms with Gasteiger partial charge in [0.25, 0.3) is 0 Å². The molecule has 0 spiro atoms. The number of aromatic amines is 1. The van der Waals surface area contributed by atoms with E-state index in [1.165, 1.54) is 11.8 Å². The predicted octanol–water partition coefficient (Wildman–Crippen LogP) is 5.00. The van der Waals surface area contributed by atoms with E-state index >= 15 is 0 Å². The molecule has 0 saturated heterocycles. The quantitative estimate of drug-likeness (QED) is 0.251. The van der Waals surface area contributed by atoms with Crippen LogP contribution in [0.15, 0.2) is 52.4 Å². The number of nitrogens with two attached hydrogens (primary N) is 1. The van der Waals surface area contributed by atoms with Gasteiger partial charge in [-0.25, -0.2) is 0 Å². The Morgan fingerprint density at radius 3 is 2.79 bits per heavy atom. The van der Waals surface area contributed by atoms with Crippen molar-refractivity contribution < 1.29 is 4.79 Å². The van der Waals surface area contributed by atoms with Crippen LogP contribution in [0.25, 0.3) is 5.70 Å². The number of aromatic nitrogens is 2. The second-order valence-corrected chi connectivity index (χ2v) is 7.68. The highest BCUT2D eigenvalue weighted by Crippen LogP contribution is 2.34. The lowest BCUT2D eigenvalue weighted by Crippen LogP contribution is -2.24. The Hall–Kier alpha value is -2.19. The molecule has 5 N–H and O–H groups in total. The third kappa shape index (κ3) is 5.90. The first-order chi connectivity index (χ1) is 13.6. The largest absolute Gasteiger partial charge is 0.383 e. The van der Waals surface area contributed by atoms with Crippen LogP contribution in [0.4, 0.5) is 11.6 Å². The zero-order valence-corrected chi connectivity index (χ0v) is 18.5. The van der Waals surface area contributed by atoms with Crippen LogP contribution in [0.5, 0.6) is 0 Å². The van der Waals surface area contributed by atoms with Gasteiger partial charge in [-0.2, -0.15) is 5.10 Å². The topological polar surface area (TPSA) is 95.8 Å². The Morgan fingerprint density at radius 1 is 1.43 bits per heavy atom. The maximum atomic E-state index is 11.8. The summed E-state index contributed by atoms with van der Waals surface area (Å²) in [6.07, 6.45) is 5.55. The number of benzene rings is 1. The molecular weight excluding hydrogens is 438 g/mol. The number of rotatable bonds is 8. The molecule has 0 unspecified atom stereocenters. The third-order valence-corrected chi connectivity index (χ3v) is 5.54. The van der Waals surface area contributed by atoms with Crippen LogP contribution in [-0.4, -0.2) is 22.0 Å².